The van der Waals surface area contributed by atoms with Crippen LogP contribution in [0.1, 0.15) is 26.2 Å². The Morgan fingerprint density at radius 3 is 3.15 bits per heavy atom. The minimum absolute atomic E-state index is 0.726. The van der Waals surface area contributed by atoms with Gasteiger partial charge in [0, 0.05) is 32.2 Å². The maximum absolute atomic E-state index is 3.76. The van der Waals surface area contributed by atoms with Gasteiger partial charge in [0.05, 0.1) is 0 Å². The zero-order chi connectivity index (χ0) is 9.52. The van der Waals surface area contributed by atoms with Crippen LogP contribution in [-0.4, -0.2) is 37.1 Å². The topological polar surface area (TPSA) is 15.3 Å². The van der Waals surface area contributed by atoms with E-state index in [9.17, 15) is 0 Å². The highest BCUT2D eigenvalue weighted by Crippen LogP contribution is 2.05. The monoisotopic (exact) mass is 182 g/mol. The number of nitrogens with zero attached hydrogens (tertiary/aromatic N) is 1. The van der Waals surface area contributed by atoms with Crippen molar-refractivity contribution < 1.29 is 0 Å². The molecule has 0 aromatic heterocycles. The second-order valence-electron chi connectivity index (χ2n) is 3.82. The van der Waals surface area contributed by atoms with Crippen molar-refractivity contribution in [1.82, 2.24) is 10.2 Å². The molecule has 1 heterocycles. The Bertz CT molecular complexity index is 143. The molecule has 0 radical (unpaired) electrons. The van der Waals surface area contributed by atoms with Crippen LogP contribution in [0.4, 0.5) is 0 Å². The van der Waals surface area contributed by atoms with Gasteiger partial charge in [-0.15, -0.1) is 6.58 Å². The Kier molecular flexibility index (Phi) is 5.09. The minimum Gasteiger partial charge on any atom is -0.311 e. The summed E-state index contributed by atoms with van der Waals surface area (Å²) in [6, 6.07) is 0.726. The summed E-state index contributed by atoms with van der Waals surface area (Å²) in [5.41, 5.74) is 0. The smallest absolute Gasteiger partial charge is 0.0195 e. The van der Waals surface area contributed by atoms with E-state index in [1.807, 2.05) is 6.08 Å². The molecule has 13 heavy (non-hydrogen) atoms. The third-order valence-electron chi connectivity index (χ3n) is 2.63. The summed E-state index contributed by atoms with van der Waals surface area (Å²) in [6.07, 6.45) is 5.73. The zero-order valence-electron chi connectivity index (χ0n) is 8.76. The van der Waals surface area contributed by atoms with Gasteiger partial charge >= 0.3 is 0 Å². The molecule has 0 spiro atoms. The van der Waals surface area contributed by atoms with Crippen molar-refractivity contribution >= 4 is 0 Å². The number of piperazine rings is 1. The van der Waals surface area contributed by atoms with E-state index >= 15 is 0 Å². The predicted molar refractivity (Wildman–Crippen MR) is 58.0 cm³/mol. The zero-order valence-corrected chi connectivity index (χ0v) is 8.76. The molecular weight excluding hydrogens is 160 g/mol. The Morgan fingerprint density at radius 2 is 2.46 bits per heavy atom. The molecule has 76 valence electrons. The van der Waals surface area contributed by atoms with E-state index in [2.05, 4.69) is 23.7 Å². The Morgan fingerprint density at radius 1 is 1.62 bits per heavy atom. The molecule has 0 bridgehead atoms. The van der Waals surface area contributed by atoms with E-state index in [0.717, 1.165) is 19.0 Å². The first-order chi connectivity index (χ1) is 6.36. The number of nitrogens with one attached hydrogen (secondary N) is 1. The standard InChI is InChI=1S/C11H22N2/c1-3-5-8-13-9-7-12-11(10-13)6-4-2/h3,11-12H,1,4-10H2,2H3. The van der Waals surface area contributed by atoms with E-state index in [1.54, 1.807) is 0 Å². The quantitative estimate of drug-likeness (QED) is 0.650. The normalized spacial score (nSPS) is 24.5. The lowest BCUT2D eigenvalue weighted by Crippen LogP contribution is -2.50. The van der Waals surface area contributed by atoms with Gasteiger partial charge in [0.1, 0.15) is 0 Å². The first-order valence-electron chi connectivity index (χ1n) is 5.43. The van der Waals surface area contributed by atoms with Crippen molar-refractivity contribution in [2.45, 2.75) is 32.2 Å². The van der Waals surface area contributed by atoms with E-state index in [0.29, 0.717) is 0 Å². The van der Waals surface area contributed by atoms with Gasteiger partial charge in [-0.3, -0.25) is 0 Å². The van der Waals surface area contributed by atoms with Crippen LogP contribution >= 0.6 is 0 Å². The summed E-state index contributed by atoms with van der Waals surface area (Å²) < 4.78 is 0. The molecule has 2 heteroatoms. The average molecular weight is 182 g/mol. The first kappa shape index (κ1) is 10.7. The molecule has 1 aliphatic heterocycles. The highest BCUT2D eigenvalue weighted by Gasteiger charge is 2.17. The van der Waals surface area contributed by atoms with E-state index in [4.69, 9.17) is 0 Å². The molecule has 1 atom stereocenters. The van der Waals surface area contributed by atoms with Crippen LogP contribution in [0.25, 0.3) is 0 Å². The van der Waals surface area contributed by atoms with Gasteiger partial charge in [0.15, 0.2) is 0 Å². The summed E-state index contributed by atoms with van der Waals surface area (Å²) in [6.45, 7) is 10.8. The van der Waals surface area contributed by atoms with Gasteiger partial charge in [0.2, 0.25) is 0 Å². The number of hydrogen-bond acceptors (Lipinski definition) is 2. The second-order valence-corrected chi connectivity index (χ2v) is 3.82. The van der Waals surface area contributed by atoms with Crippen molar-refractivity contribution in [1.29, 1.82) is 0 Å². The largest absolute Gasteiger partial charge is 0.311 e. The summed E-state index contributed by atoms with van der Waals surface area (Å²) in [4.78, 5) is 2.54. The first-order valence-corrected chi connectivity index (χ1v) is 5.43. The third kappa shape index (κ3) is 3.92. The average Bonchev–Trinajstić information content (AvgIpc) is 2.16. The Balaban J connectivity index is 2.20. The van der Waals surface area contributed by atoms with Gasteiger partial charge in [0.25, 0.3) is 0 Å². The summed E-state index contributed by atoms with van der Waals surface area (Å²) >= 11 is 0. The fraction of sp³-hybridized carbons (Fsp3) is 0.818. The van der Waals surface area contributed by atoms with E-state index in [-0.39, 0.29) is 0 Å². The van der Waals surface area contributed by atoms with Crippen LogP contribution in [0.3, 0.4) is 0 Å². The lowest BCUT2D eigenvalue weighted by molar-refractivity contribution is 0.197. The third-order valence-corrected chi connectivity index (χ3v) is 2.63. The van der Waals surface area contributed by atoms with E-state index < -0.39 is 0 Å². The highest BCUT2D eigenvalue weighted by molar-refractivity contribution is 4.79. The molecule has 1 N–H and O–H groups in total. The second kappa shape index (κ2) is 6.17. The summed E-state index contributed by atoms with van der Waals surface area (Å²) in [5.74, 6) is 0. The van der Waals surface area contributed by atoms with Gasteiger partial charge in [-0.25, -0.2) is 0 Å². The molecule has 0 aromatic rings. The molecule has 0 saturated carbocycles. The lowest BCUT2D eigenvalue weighted by atomic mass is 10.1. The van der Waals surface area contributed by atoms with Crippen LogP contribution in [-0.2, 0) is 0 Å². The molecule has 1 saturated heterocycles. The molecule has 0 aromatic carbocycles. The molecule has 0 aliphatic carbocycles. The summed E-state index contributed by atoms with van der Waals surface area (Å²) in [5, 5.41) is 3.56. The van der Waals surface area contributed by atoms with Gasteiger partial charge in [-0.05, 0) is 12.8 Å². The fourth-order valence-electron chi connectivity index (χ4n) is 1.91. The lowest BCUT2D eigenvalue weighted by Gasteiger charge is -2.33. The van der Waals surface area contributed by atoms with Gasteiger partial charge < -0.3 is 10.2 Å². The maximum atomic E-state index is 3.76. The van der Waals surface area contributed by atoms with Crippen molar-refractivity contribution in [2.75, 3.05) is 26.2 Å². The summed E-state index contributed by atoms with van der Waals surface area (Å²) in [7, 11) is 0. The van der Waals surface area contributed by atoms with Crippen molar-refractivity contribution in [3.63, 3.8) is 0 Å². The molecule has 2 nitrogen and oxygen atoms in total. The van der Waals surface area contributed by atoms with Crippen LogP contribution in [0.2, 0.25) is 0 Å². The molecule has 1 fully saturated rings. The Hall–Kier alpha value is -0.340. The molecule has 0 amide bonds. The molecule has 1 unspecified atom stereocenters. The maximum Gasteiger partial charge on any atom is 0.0195 e. The van der Waals surface area contributed by atoms with E-state index in [1.165, 1.54) is 32.5 Å². The SMILES string of the molecule is C=CCCN1CCNC(CCC)C1. The van der Waals surface area contributed by atoms with Gasteiger partial charge in [-0.1, -0.05) is 19.4 Å². The van der Waals surface area contributed by atoms with Crippen LogP contribution < -0.4 is 5.32 Å². The fourth-order valence-corrected chi connectivity index (χ4v) is 1.91. The number of hydrogen-bond donors (Lipinski definition) is 1. The van der Waals surface area contributed by atoms with Crippen molar-refractivity contribution in [2.24, 2.45) is 0 Å². The minimum atomic E-state index is 0.726. The molecule has 1 aliphatic rings. The molecular formula is C11H22N2. The van der Waals surface area contributed by atoms with Crippen LogP contribution in [0.5, 0.6) is 0 Å². The van der Waals surface area contributed by atoms with Gasteiger partial charge in [-0.2, -0.15) is 0 Å². The predicted octanol–water partition coefficient (Wildman–Crippen LogP) is 1.64. The van der Waals surface area contributed by atoms with Crippen LogP contribution in [0, 0.1) is 0 Å². The van der Waals surface area contributed by atoms with Crippen molar-refractivity contribution in [3.8, 4) is 0 Å². The highest BCUT2D eigenvalue weighted by atomic mass is 15.2. The van der Waals surface area contributed by atoms with Crippen molar-refractivity contribution in [3.05, 3.63) is 12.7 Å². The molecule has 1 rings (SSSR count). The number of rotatable bonds is 5. The van der Waals surface area contributed by atoms with Crippen LogP contribution in [0.15, 0.2) is 12.7 Å². The Labute approximate surface area is 82.0 Å².